The summed E-state index contributed by atoms with van der Waals surface area (Å²) in [6, 6.07) is 45.3. The van der Waals surface area contributed by atoms with Gasteiger partial charge in [0.1, 0.15) is 11.5 Å². The third-order valence-electron chi connectivity index (χ3n) is 13.5. The monoisotopic (exact) mass is 883 g/mol. The fraction of sp³-hybridized carbons (Fsp3) is 0.200. The number of hydrogen-bond acceptors (Lipinski definition) is 7. The first-order chi connectivity index (χ1) is 32.7. The molecule has 1 unspecified atom stereocenters. The summed E-state index contributed by atoms with van der Waals surface area (Å²) in [5.41, 5.74) is 9.18. The zero-order valence-electron chi connectivity index (χ0n) is 38.4. The Morgan fingerprint density at radius 3 is 2.10 bits per heavy atom. The van der Waals surface area contributed by atoms with Crippen LogP contribution in [0.2, 0.25) is 0 Å². The predicted octanol–water partition coefficient (Wildman–Crippen LogP) is 14.0. The van der Waals surface area contributed by atoms with Gasteiger partial charge in [-0.25, -0.2) is 9.59 Å². The molecule has 0 spiro atoms. The fourth-order valence-corrected chi connectivity index (χ4v) is 9.97. The number of carbonyl (C=O) groups excluding carboxylic acids is 2. The molecule has 0 saturated carbocycles. The molecule has 0 fully saturated rings. The number of esters is 2. The van der Waals surface area contributed by atoms with Gasteiger partial charge in [-0.1, -0.05) is 137 Å². The van der Waals surface area contributed by atoms with E-state index in [1.54, 1.807) is 43.5 Å². The topological polar surface area (TPSA) is 74.3 Å². The molecule has 0 saturated heterocycles. The first-order valence-corrected chi connectivity index (χ1v) is 23.3. The van der Waals surface area contributed by atoms with Crippen molar-refractivity contribution >= 4 is 34.5 Å². The van der Waals surface area contributed by atoms with Gasteiger partial charge in [-0.15, -0.1) is 0 Å². The number of aryl methyl sites for hydroxylation is 1. The van der Waals surface area contributed by atoms with E-state index < -0.39 is 17.5 Å². The maximum Gasteiger partial charge on any atom is 0.343 e. The molecule has 7 heteroatoms. The van der Waals surface area contributed by atoms with Crippen molar-refractivity contribution in [2.45, 2.75) is 63.9 Å². The molecule has 7 nitrogen and oxygen atoms in total. The quantitative estimate of drug-likeness (QED) is 0.0649. The predicted molar refractivity (Wildman–Crippen MR) is 268 cm³/mol. The van der Waals surface area contributed by atoms with E-state index in [1.807, 2.05) is 48.5 Å². The Morgan fingerprint density at radius 2 is 1.39 bits per heavy atom. The van der Waals surface area contributed by atoms with Crippen molar-refractivity contribution in [1.82, 2.24) is 0 Å². The molecule has 2 aliphatic heterocycles. The van der Waals surface area contributed by atoms with Crippen molar-refractivity contribution < 1.29 is 28.5 Å². The van der Waals surface area contributed by atoms with Crippen molar-refractivity contribution in [1.29, 1.82) is 0 Å². The van der Waals surface area contributed by atoms with Crippen LogP contribution in [0.15, 0.2) is 170 Å². The van der Waals surface area contributed by atoms with Crippen LogP contribution >= 0.6 is 0 Å². The SMILES string of the molecule is CCCCCCc1ccc(C(=O)Oc2ccc(C(=O)Oc3cc4c5c(c6c(c4cc3OC)OC(c3ccccc3)(c3ccc(N4C=CC=CC4)cc3)C=C6)C(C)(C)c3ccccc3-5)cc2)cc1. The second kappa shape index (κ2) is 18.0. The Hall–Kier alpha value is -7.64. The molecule has 10 rings (SSSR count). The molecule has 0 aromatic heterocycles. The van der Waals surface area contributed by atoms with Gasteiger partial charge in [0.05, 0.1) is 18.2 Å². The lowest BCUT2D eigenvalue weighted by atomic mass is 9.76. The van der Waals surface area contributed by atoms with Crippen LogP contribution in [0.1, 0.15) is 101 Å². The van der Waals surface area contributed by atoms with E-state index in [-0.39, 0.29) is 16.7 Å². The highest BCUT2D eigenvalue weighted by molar-refractivity contribution is 6.10. The number of unbranched alkanes of at least 4 members (excludes halogenated alkanes) is 3. The standard InChI is InChI=1S/C60H53NO6/c1-5-6-7-10-17-40-22-24-41(25-23-40)57(62)65-46-32-26-42(27-33-46)58(63)66-53-38-49-50(39-52(53)64-4)56-48(55-54(49)47-20-13-14-21-51(47)59(55,2)3)34-35-60(67-56,43-18-11-8-12-19-43)44-28-30-45(31-29-44)61-36-15-9-16-37-61/h8-9,11-16,18-36,38-39H,5-7,10,17,37H2,1-4H3. The van der Waals surface area contributed by atoms with Gasteiger partial charge in [0.25, 0.3) is 0 Å². The summed E-state index contributed by atoms with van der Waals surface area (Å²) in [4.78, 5) is 29.2. The molecule has 67 heavy (non-hydrogen) atoms. The van der Waals surface area contributed by atoms with Gasteiger partial charge in [0.2, 0.25) is 0 Å². The van der Waals surface area contributed by atoms with E-state index >= 15 is 0 Å². The Kier molecular flexibility index (Phi) is 11.6. The van der Waals surface area contributed by atoms with Crippen LogP contribution in [0.3, 0.4) is 0 Å². The average Bonchev–Trinajstić information content (AvgIpc) is 3.62. The molecule has 0 bridgehead atoms. The first-order valence-electron chi connectivity index (χ1n) is 23.3. The van der Waals surface area contributed by atoms with Crippen molar-refractivity contribution in [3.05, 3.63) is 215 Å². The number of rotatable bonds is 13. The zero-order chi connectivity index (χ0) is 46.1. The Morgan fingerprint density at radius 1 is 0.701 bits per heavy atom. The largest absolute Gasteiger partial charge is 0.493 e. The minimum absolute atomic E-state index is 0.270. The van der Waals surface area contributed by atoms with Crippen LogP contribution in [0, 0.1) is 0 Å². The number of benzene rings is 7. The van der Waals surface area contributed by atoms with Crippen LogP contribution in [-0.4, -0.2) is 25.6 Å². The van der Waals surface area contributed by atoms with Crippen LogP contribution in [0.5, 0.6) is 23.0 Å². The Labute approximate surface area is 392 Å². The first kappa shape index (κ1) is 43.3. The number of carbonyl (C=O) groups is 2. The third-order valence-corrected chi connectivity index (χ3v) is 13.5. The molecule has 7 aromatic carbocycles. The van der Waals surface area contributed by atoms with Crippen molar-refractivity contribution in [2.24, 2.45) is 0 Å². The lowest BCUT2D eigenvalue weighted by Crippen LogP contribution is -2.35. The molecule has 0 N–H and O–H groups in total. The minimum Gasteiger partial charge on any atom is -0.493 e. The second-order valence-corrected chi connectivity index (χ2v) is 18.0. The van der Waals surface area contributed by atoms with E-state index in [4.69, 9.17) is 18.9 Å². The molecule has 7 aromatic rings. The van der Waals surface area contributed by atoms with Crippen LogP contribution in [-0.2, 0) is 17.4 Å². The highest BCUT2D eigenvalue weighted by Crippen LogP contribution is 2.59. The maximum atomic E-state index is 14.0. The van der Waals surface area contributed by atoms with Crippen LogP contribution < -0.4 is 23.8 Å². The second-order valence-electron chi connectivity index (χ2n) is 18.0. The summed E-state index contributed by atoms with van der Waals surface area (Å²) in [5.74, 6) is 0.642. The van der Waals surface area contributed by atoms with Crippen molar-refractivity contribution in [3.8, 4) is 34.1 Å². The van der Waals surface area contributed by atoms with Gasteiger partial charge in [0.15, 0.2) is 17.1 Å². The van der Waals surface area contributed by atoms with E-state index in [9.17, 15) is 9.59 Å². The third kappa shape index (κ3) is 7.99. The number of allylic oxidation sites excluding steroid dienone is 2. The summed E-state index contributed by atoms with van der Waals surface area (Å²) >= 11 is 0. The molecular weight excluding hydrogens is 831 g/mol. The number of nitrogens with zero attached hydrogens (tertiary/aromatic N) is 1. The number of fused-ring (bicyclic) bond motifs is 8. The lowest BCUT2D eigenvalue weighted by molar-refractivity contribution is 0.0727. The van der Waals surface area contributed by atoms with E-state index in [0.717, 1.165) is 69.2 Å². The van der Waals surface area contributed by atoms with Crippen LogP contribution in [0.25, 0.3) is 28.0 Å². The average molecular weight is 884 g/mol. The number of ether oxygens (including phenoxy) is 4. The van der Waals surface area contributed by atoms with Gasteiger partial charge in [-0.2, -0.15) is 0 Å². The van der Waals surface area contributed by atoms with E-state index in [1.165, 1.54) is 30.4 Å². The van der Waals surface area contributed by atoms with Crippen molar-refractivity contribution in [2.75, 3.05) is 18.6 Å². The zero-order valence-corrected chi connectivity index (χ0v) is 38.4. The number of hydrogen-bond donors (Lipinski definition) is 0. The molecular formula is C60H53NO6. The van der Waals surface area contributed by atoms with Gasteiger partial charge >= 0.3 is 11.9 Å². The van der Waals surface area contributed by atoms with Crippen molar-refractivity contribution in [3.63, 3.8) is 0 Å². The summed E-state index contributed by atoms with van der Waals surface area (Å²) in [7, 11) is 1.57. The van der Waals surface area contributed by atoms with Crippen LogP contribution in [0.4, 0.5) is 5.69 Å². The highest BCUT2D eigenvalue weighted by atomic mass is 16.6. The molecule has 1 atom stereocenters. The normalized spacial score (nSPS) is 16.2. The smallest absolute Gasteiger partial charge is 0.343 e. The van der Waals surface area contributed by atoms with E-state index in [2.05, 4.69) is 117 Å². The molecule has 0 radical (unpaired) electrons. The fourth-order valence-electron chi connectivity index (χ4n) is 9.97. The molecule has 1 aliphatic carbocycles. The summed E-state index contributed by atoms with van der Waals surface area (Å²) in [6.07, 6.45) is 18.5. The minimum atomic E-state index is -0.974. The molecule has 3 aliphatic rings. The molecule has 2 heterocycles. The van der Waals surface area contributed by atoms with Gasteiger partial charge in [0, 0.05) is 45.9 Å². The highest BCUT2D eigenvalue weighted by Gasteiger charge is 2.44. The van der Waals surface area contributed by atoms with Gasteiger partial charge in [-0.3, -0.25) is 0 Å². The summed E-state index contributed by atoms with van der Waals surface area (Å²) in [5, 5.41) is 1.71. The molecule has 334 valence electrons. The van der Waals surface area contributed by atoms with E-state index in [0.29, 0.717) is 22.8 Å². The summed E-state index contributed by atoms with van der Waals surface area (Å²) < 4.78 is 25.5. The summed E-state index contributed by atoms with van der Waals surface area (Å²) in [6.45, 7) is 7.53. The maximum absolute atomic E-state index is 14.0. The number of methoxy groups -OCH3 is 1. The lowest BCUT2D eigenvalue weighted by Gasteiger charge is -2.38. The van der Waals surface area contributed by atoms with Gasteiger partial charge < -0.3 is 23.8 Å². The molecule has 0 amide bonds. The Balaban J connectivity index is 0.998. The number of anilines is 1. The van der Waals surface area contributed by atoms with Gasteiger partial charge in [-0.05, 0) is 119 Å². The Bertz CT molecular complexity index is 3090.